The van der Waals surface area contributed by atoms with Gasteiger partial charge < -0.3 is 4.74 Å². The zero-order valence-corrected chi connectivity index (χ0v) is 9.66. The Bertz CT molecular complexity index is 352. The van der Waals surface area contributed by atoms with Gasteiger partial charge in [-0.25, -0.2) is 0 Å². The average Bonchev–Trinajstić information content (AvgIpc) is 2.17. The Morgan fingerprint density at radius 1 is 1.25 bits per heavy atom. The lowest BCUT2D eigenvalue weighted by Crippen LogP contribution is -2.17. The molecule has 1 aromatic carbocycles. The second kappa shape index (κ2) is 5.64. The summed E-state index contributed by atoms with van der Waals surface area (Å²) in [7, 11) is 0. The normalized spacial score (nSPS) is 11.6. The maximum Gasteiger partial charge on any atom is 0.573 e. The molecule has 16 heavy (non-hydrogen) atoms. The number of hydrogen-bond acceptors (Lipinski definition) is 1. The fourth-order valence-electron chi connectivity index (χ4n) is 1.18. The summed E-state index contributed by atoms with van der Waals surface area (Å²) >= 11 is 11.1. The van der Waals surface area contributed by atoms with Crippen LogP contribution in [0.5, 0.6) is 5.75 Å². The van der Waals surface area contributed by atoms with Crippen molar-refractivity contribution in [1.29, 1.82) is 0 Å². The van der Waals surface area contributed by atoms with Gasteiger partial charge in [0.2, 0.25) is 0 Å². The van der Waals surface area contributed by atoms with Crippen LogP contribution in [0.15, 0.2) is 18.2 Å². The molecule has 0 N–H and O–H groups in total. The summed E-state index contributed by atoms with van der Waals surface area (Å²) in [5.41, 5.74) is 0.712. The Labute approximate surface area is 101 Å². The second-order valence-electron chi connectivity index (χ2n) is 3.11. The van der Waals surface area contributed by atoms with E-state index in [-0.39, 0.29) is 10.8 Å². The largest absolute Gasteiger partial charge is 0.573 e. The van der Waals surface area contributed by atoms with Gasteiger partial charge in [0.25, 0.3) is 0 Å². The zero-order chi connectivity index (χ0) is 12.2. The molecule has 0 saturated carbocycles. The summed E-state index contributed by atoms with van der Waals surface area (Å²) in [6, 6.07) is 4.31. The fourth-order valence-corrected chi connectivity index (χ4v) is 1.47. The Kier molecular flexibility index (Phi) is 4.74. The topological polar surface area (TPSA) is 9.23 Å². The molecule has 1 rings (SSSR count). The first-order valence-corrected chi connectivity index (χ1v) is 5.44. The molecule has 0 radical (unpaired) electrons. The standard InChI is InChI=1S/C10H9Cl2F3O/c11-5-1-2-7-3-4-8(12)9(6-7)16-10(13,14)15/h3-4,6H,1-2,5H2. The highest BCUT2D eigenvalue weighted by Crippen LogP contribution is 2.31. The van der Waals surface area contributed by atoms with E-state index in [9.17, 15) is 13.2 Å². The third kappa shape index (κ3) is 4.49. The minimum atomic E-state index is -4.73. The van der Waals surface area contributed by atoms with Gasteiger partial charge in [0.1, 0.15) is 5.75 Å². The Hall–Kier alpha value is -0.610. The van der Waals surface area contributed by atoms with Crippen LogP contribution in [0, 0.1) is 0 Å². The molecule has 1 aromatic rings. The highest BCUT2D eigenvalue weighted by molar-refractivity contribution is 6.32. The number of halogens is 5. The molecule has 0 aliphatic heterocycles. The fraction of sp³-hybridized carbons (Fsp3) is 0.400. The Morgan fingerprint density at radius 2 is 1.94 bits per heavy atom. The summed E-state index contributed by atoms with van der Waals surface area (Å²) in [6.07, 6.45) is -3.45. The van der Waals surface area contributed by atoms with E-state index in [0.29, 0.717) is 24.3 Å². The van der Waals surface area contributed by atoms with Crippen molar-refractivity contribution in [3.8, 4) is 5.75 Å². The zero-order valence-electron chi connectivity index (χ0n) is 8.15. The van der Waals surface area contributed by atoms with Crippen molar-refractivity contribution in [2.75, 3.05) is 5.88 Å². The van der Waals surface area contributed by atoms with Crippen LogP contribution < -0.4 is 4.74 Å². The first-order valence-electron chi connectivity index (χ1n) is 4.52. The third-order valence-corrected chi connectivity index (χ3v) is 2.40. The summed E-state index contributed by atoms with van der Waals surface area (Å²) < 4.78 is 39.8. The minimum absolute atomic E-state index is 0.0630. The van der Waals surface area contributed by atoms with Crippen molar-refractivity contribution in [1.82, 2.24) is 0 Å². The van der Waals surface area contributed by atoms with E-state index in [2.05, 4.69) is 4.74 Å². The van der Waals surface area contributed by atoms with Crippen LogP contribution in [0.4, 0.5) is 13.2 Å². The van der Waals surface area contributed by atoms with E-state index in [1.165, 1.54) is 12.1 Å². The number of ether oxygens (including phenoxy) is 1. The van der Waals surface area contributed by atoms with Gasteiger partial charge in [0.05, 0.1) is 5.02 Å². The quantitative estimate of drug-likeness (QED) is 0.738. The number of rotatable bonds is 4. The highest BCUT2D eigenvalue weighted by Gasteiger charge is 2.32. The summed E-state index contributed by atoms with van der Waals surface area (Å²) in [5, 5.41) is -0.0630. The van der Waals surface area contributed by atoms with Crippen LogP contribution in [0.2, 0.25) is 5.02 Å². The molecule has 90 valence electrons. The van der Waals surface area contributed by atoms with Crippen molar-refractivity contribution in [3.63, 3.8) is 0 Å². The van der Waals surface area contributed by atoms with E-state index in [1.807, 2.05) is 0 Å². The van der Waals surface area contributed by atoms with Gasteiger partial charge in [-0.15, -0.1) is 24.8 Å². The van der Waals surface area contributed by atoms with E-state index in [1.54, 1.807) is 6.07 Å². The molecule has 0 atom stereocenters. The Balaban J connectivity index is 2.82. The molecule has 0 heterocycles. The molecule has 0 amide bonds. The number of benzene rings is 1. The Morgan fingerprint density at radius 3 is 2.50 bits per heavy atom. The van der Waals surface area contributed by atoms with Gasteiger partial charge in [0, 0.05) is 5.88 Å². The van der Waals surface area contributed by atoms with E-state index < -0.39 is 6.36 Å². The lowest BCUT2D eigenvalue weighted by atomic mass is 10.1. The van der Waals surface area contributed by atoms with Crippen molar-refractivity contribution in [2.45, 2.75) is 19.2 Å². The second-order valence-corrected chi connectivity index (χ2v) is 3.89. The SMILES string of the molecule is FC(F)(F)Oc1cc(CCCCl)ccc1Cl. The van der Waals surface area contributed by atoms with Gasteiger partial charge in [-0.1, -0.05) is 17.7 Å². The van der Waals surface area contributed by atoms with Gasteiger partial charge in [-0.2, -0.15) is 0 Å². The molecule has 0 bridgehead atoms. The van der Waals surface area contributed by atoms with Crippen LogP contribution in [0.25, 0.3) is 0 Å². The minimum Gasteiger partial charge on any atom is -0.404 e. The lowest BCUT2D eigenvalue weighted by molar-refractivity contribution is -0.274. The lowest BCUT2D eigenvalue weighted by Gasteiger charge is -2.11. The molecule has 1 nitrogen and oxygen atoms in total. The van der Waals surface area contributed by atoms with Gasteiger partial charge in [-0.3, -0.25) is 0 Å². The van der Waals surface area contributed by atoms with E-state index in [0.717, 1.165) is 0 Å². The highest BCUT2D eigenvalue weighted by atomic mass is 35.5. The van der Waals surface area contributed by atoms with Gasteiger partial charge in [-0.05, 0) is 30.5 Å². The molecular weight excluding hydrogens is 264 g/mol. The van der Waals surface area contributed by atoms with Crippen molar-refractivity contribution in [3.05, 3.63) is 28.8 Å². The van der Waals surface area contributed by atoms with Gasteiger partial charge >= 0.3 is 6.36 Å². The smallest absolute Gasteiger partial charge is 0.404 e. The molecule has 0 spiro atoms. The van der Waals surface area contributed by atoms with Crippen molar-refractivity contribution < 1.29 is 17.9 Å². The molecular formula is C10H9Cl2F3O. The first-order chi connectivity index (χ1) is 7.42. The molecule has 0 aliphatic carbocycles. The molecule has 0 aromatic heterocycles. The molecule has 6 heteroatoms. The van der Waals surface area contributed by atoms with Crippen LogP contribution >= 0.6 is 23.2 Å². The van der Waals surface area contributed by atoms with Crippen LogP contribution in [0.1, 0.15) is 12.0 Å². The maximum absolute atomic E-state index is 12.0. The monoisotopic (exact) mass is 272 g/mol. The number of alkyl halides is 4. The average molecular weight is 273 g/mol. The van der Waals surface area contributed by atoms with Crippen LogP contribution in [-0.4, -0.2) is 12.2 Å². The number of aryl methyl sites for hydroxylation is 1. The number of hydrogen-bond donors (Lipinski definition) is 0. The third-order valence-electron chi connectivity index (χ3n) is 1.82. The van der Waals surface area contributed by atoms with Crippen LogP contribution in [0.3, 0.4) is 0 Å². The van der Waals surface area contributed by atoms with Crippen molar-refractivity contribution in [2.24, 2.45) is 0 Å². The molecule has 0 saturated heterocycles. The summed E-state index contributed by atoms with van der Waals surface area (Å²) in [5.74, 6) is 0.0826. The van der Waals surface area contributed by atoms with Gasteiger partial charge in [0.15, 0.2) is 0 Å². The molecule has 0 fully saturated rings. The first kappa shape index (κ1) is 13.5. The molecule has 0 aliphatic rings. The van der Waals surface area contributed by atoms with E-state index in [4.69, 9.17) is 23.2 Å². The predicted octanol–water partition coefficient (Wildman–Crippen LogP) is 4.41. The summed E-state index contributed by atoms with van der Waals surface area (Å²) in [4.78, 5) is 0. The molecule has 0 unspecified atom stereocenters. The predicted molar refractivity (Wildman–Crippen MR) is 57.2 cm³/mol. The maximum atomic E-state index is 12.0. The van der Waals surface area contributed by atoms with Crippen molar-refractivity contribution >= 4 is 23.2 Å². The summed E-state index contributed by atoms with van der Waals surface area (Å²) in [6.45, 7) is 0. The van der Waals surface area contributed by atoms with Crippen LogP contribution in [-0.2, 0) is 6.42 Å². The van der Waals surface area contributed by atoms with E-state index >= 15 is 0 Å².